The zero-order valence-electron chi connectivity index (χ0n) is 14.2. The standard InChI is InChI=1S/C16H20N2O5S2/c1-22-13-6-4-11(10-14(13)23-2)18-16(19)15-7-5-12(24-15)8-9-17-25(3,20)21/h4-7,10,17H,8-9H2,1-3H3,(H,18,19). The monoisotopic (exact) mass is 384 g/mol. The first-order valence-corrected chi connectivity index (χ1v) is 10.1. The van der Waals surface area contributed by atoms with Gasteiger partial charge in [0.2, 0.25) is 10.0 Å². The second kappa shape index (κ2) is 8.32. The summed E-state index contributed by atoms with van der Waals surface area (Å²) in [5.41, 5.74) is 0.594. The van der Waals surface area contributed by atoms with Crippen molar-refractivity contribution >= 4 is 33.0 Å². The molecule has 0 radical (unpaired) electrons. The molecule has 1 heterocycles. The molecular weight excluding hydrogens is 364 g/mol. The fourth-order valence-electron chi connectivity index (χ4n) is 2.10. The number of carbonyl (C=O) groups excluding carboxylic acids is 1. The molecule has 0 saturated heterocycles. The summed E-state index contributed by atoms with van der Waals surface area (Å²) in [4.78, 5) is 13.8. The number of amides is 1. The molecule has 1 amide bonds. The SMILES string of the molecule is COc1ccc(NC(=O)c2ccc(CCNS(C)(=O)=O)s2)cc1OC. The van der Waals surface area contributed by atoms with Crippen molar-refractivity contribution in [3.63, 3.8) is 0 Å². The predicted molar refractivity (Wildman–Crippen MR) is 98.4 cm³/mol. The fourth-order valence-corrected chi connectivity index (χ4v) is 3.48. The van der Waals surface area contributed by atoms with E-state index in [1.165, 1.54) is 18.4 Å². The maximum atomic E-state index is 12.3. The molecule has 7 nitrogen and oxygen atoms in total. The minimum absolute atomic E-state index is 0.237. The average molecular weight is 384 g/mol. The smallest absolute Gasteiger partial charge is 0.265 e. The first-order valence-electron chi connectivity index (χ1n) is 7.39. The summed E-state index contributed by atoms with van der Waals surface area (Å²) in [6, 6.07) is 8.66. The number of ether oxygens (including phenoxy) is 2. The molecule has 1 aromatic heterocycles. The molecule has 0 aliphatic carbocycles. The first kappa shape index (κ1) is 19.2. The normalized spacial score (nSPS) is 11.2. The van der Waals surface area contributed by atoms with Crippen LogP contribution in [0.25, 0.3) is 0 Å². The zero-order valence-corrected chi connectivity index (χ0v) is 15.8. The van der Waals surface area contributed by atoms with Crippen molar-refractivity contribution in [3.8, 4) is 11.5 Å². The highest BCUT2D eigenvalue weighted by atomic mass is 32.2. The fraction of sp³-hybridized carbons (Fsp3) is 0.312. The minimum Gasteiger partial charge on any atom is -0.493 e. The molecule has 0 spiro atoms. The lowest BCUT2D eigenvalue weighted by Crippen LogP contribution is -2.24. The number of nitrogens with one attached hydrogen (secondary N) is 2. The summed E-state index contributed by atoms with van der Waals surface area (Å²) < 4.78 is 34.9. The third-order valence-corrected chi connectivity index (χ3v) is 5.13. The van der Waals surface area contributed by atoms with Gasteiger partial charge in [-0.15, -0.1) is 11.3 Å². The van der Waals surface area contributed by atoms with E-state index in [0.29, 0.717) is 35.0 Å². The van der Waals surface area contributed by atoms with Gasteiger partial charge in [-0.25, -0.2) is 13.1 Å². The molecule has 0 saturated carbocycles. The summed E-state index contributed by atoms with van der Waals surface area (Å²) in [6.07, 6.45) is 1.64. The number of carbonyl (C=O) groups is 1. The maximum absolute atomic E-state index is 12.3. The van der Waals surface area contributed by atoms with E-state index in [2.05, 4.69) is 10.0 Å². The molecule has 136 valence electrons. The Hall–Kier alpha value is -2.10. The van der Waals surface area contributed by atoms with Crippen LogP contribution in [0, 0.1) is 0 Å². The van der Waals surface area contributed by atoms with Crippen molar-refractivity contribution in [2.24, 2.45) is 0 Å². The van der Waals surface area contributed by atoms with E-state index in [9.17, 15) is 13.2 Å². The van der Waals surface area contributed by atoms with Crippen LogP contribution in [-0.4, -0.2) is 41.3 Å². The van der Waals surface area contributed by atoms with Gasteiger partial charge in [0, 0.05) is 23.2 Å². The van der Waals surface area contributed by atoms with Gasteiger partial charge in [0.05, 0.1) is 25.4 Å². The Kier molecular flexibility index (Phi) is 6.40. The number of rotatable bonds is 8. The van der Waals surface area contributed by atoms with Gasteiger partial charge in [0.1, 0.15) is 0 Å². The van der Waals surface area contributed by atoms with E-state index in [1.54, 1.807) is 31.4 Å². The van der Waals surface area contributed by atoms with Crippen molar-refractivity contribution in [1.29, 1.82) is 0 Å². The highest BCUT2D eigenvalue weighted by Gasteiger charge is 2.12. The summed E-state index contributed by atoms with van der Waals surface area (Å²) in [5.74, 6) is 0.871. The molecule has 9 heteroatoms. The van der Waals surface area contributed by atoms with Gasteiger partial charge < -0.3 is 14.8 Å². The van der Waals surface area contributed by atoms with Gasteiger partial charge in [-0.3, -0.25) is 4.79 Å². The Balaban J connectivity index is 1.99. The second-order valence-electron chi connectivity index (χ2n) is 5.21. The Labute approximate surface area is 151 Å². The lowest BCUT2D eigenvalue weighted by Gasteiger charge is -2.10. The molecule has 0 aliphatic heterocycles. The topological polar surface area (TPSA) is 93.7 Å². The lowest BCUT2D eigenvalue weighted by atomic mass is 10.2. The average Bonchev–Trinajstić information content (AvgIpc) is 3.02. The van der Waals surface area contributed by atoms with Crippen LogP contribution >= 0.6 is 11.3 Å². The van der Waals surface area contributed by atoms with Crippen LogP contribution in [0.4, 0.5) is 5.69 Å². The number of hydrogen-bond acceptors (Lipinski definition) is 6. The van der Waals surface area contributed by atoms with Gasteiger partial charge in [-0.05, 0) is 30.7 Å². The quantitative estimate of drug-likeness (QED) is 0.727. The van der Waals surface area contributed by atoms with Crippen LogP contribution in [-0.2, 0) is 16.4 Å². The zero-order chi connectivity index (χ0) is 18.4. The molecule has 0 unspecified atom stereocenters. The number of sulfonamides is 1. The van der Waals surface area contributed by atoms with Gasteiger partial charge in [-0.2, -0.15) is 0 Å². The molecule has 2 aromatic rings. The summed E-state index contributed by atoms with van der Waals surface area (Å²) in [5, 5.41) is 2.80. The molecule has 0 atom stereocenters. The minimum atomic E-state index is -3.20. The van der Waals surface area contributed by atoms with Crippen LogP contribution in [0.15, 0.2) is 30.3 Å². The summed E-state index contributed by atoms with van der Waals surface area (Å²) in [7, 11) is -0.133. The van der Waals surface area contributed by atoms with Gasteiger partial charge in [-0.1, -0.05) is 0 Å². The number of methoxy groups -OCH3 is 2. The lowest BCUT2D eigenvalue weighted by molar-refractivity contribution is 0.103. The molecule has 25 heavy (non-hydrogen) atoms. The maximum Gasteiger partial charge on any atom is 0.265 e. The molecule has 0 aliphatic rings. The van der Waals surface area contributed by atoms with Gasteiger partial charge in [0.25, 0.3) is 5.91 Å². The number of benzene rings is 1. The first-order chi connectivity index (χ1) is 11.8. The van der Waals surface area contributed by atoms with E-state index < -0.39 is 10.0 Å². The van der Waals surface area contributed by atoms with E-state index >= 15 is 0 Å². The van der Waals surface area contributed by atoms with E-state index in [0.717, 1.165) is 11.1 Å². The molecule has 2 N–H and O–H groups in total. The third-order valence-electron chi connectivity index (χ3n) is 3.26. The van der Waals surface area contributed by atoms with Crippen molar-refractivity contribution in [2.45, 2.75) is 6.42 Å². The summed E-state index contributed by atoms with van der Waals surface area (Å²) in [6.45, 7) is 0.302. The van der Waals surface area contributed by atoms with Crippen molar-refractivity contribution in [3.05, 3.63) is 40.1 Å². The van der Waals surface area contributed by atoms with Crippen LogP contribution < -0.4 is 19.5 Å². The van der Waals surface area contributed by atoms with Crippen LogP contribution in [0.5, 0.6) is 11.5 Å². The van der Waals surface area contributed by atoms with E-state index in [4.69, 9.17) is 9.47 Å². The van der Waals surface area contributed by atoms with Crippen LogP contribution in [0.1, 0.15) is 14.5 Å². The molecule has 2 rings (SSSR count). The number of thiophene rings is 1. The highest BCUT2D eigenvalue weighted by molar-refractivity contribution is 7.88. The van der Waals surface area contributed by atoms with Gasteiger partial charge in [0.15, 0.2) is 11.5 Å². The Bertz CT molecular complexity index is 846. The Morgan fingerprint density at radius 3 is 2.48 bits per heavy atom. The number of hydrogen-bond donors (Lipinski definition) is 2. The predicted octanol–water partition coefficient (Wildman–Crippen LogP) is 2.11. The largest absolute Gasteiger partial charge is 0.493 e. The molecular formula is C16H20N2O5S2. The van der Waals surface area contributed by atoms with Gasteiger partial charge >= 0.3 is 0 Å². The second-order valence-corrected chi connectivity index (χ2v) is 8.21. The Morgan fingerprint density at radius 1 is 1.12 bits per heavy atom. The van der Waals surface area contributed by atoms with Crippen molar-refractivity contribution < 1.29 is 22.7 Å². The van der Waals surface area contributed by atoms with E-state index in [-0.39, 0.29) is 5.91 Å². The van der Waals surface area contributed by atoms with Crippen LogP contribution in [0.2, 0.25) is 0 Å². The van der Waals surface area contributed by atoms with Crippen LogP contribution in [0.3, 0.4) is 0 Å². The highest BCUT2D eigenvalue weighted by Crippen LogP contribution is 2.30. The molecule has 1 aromatic carbocycles. The summed E-state index contributed by atoms with van der Waals surface area (Å²) >= 11 is 1.33. The number of anilines is 1. The molecule has 0 bridgehead atoms. The Morgan fingerprint density at radius 2 is 1.84 bits per heavy atom. The van der Waals surface area contributed by atoms with Crippen molar-refractivity contribution in [1.82, 2.24) is 4.72 Å². The van der Waals surface area contributed by atoms with Crippen molar-refractivity contribution in [2.75, 3.05) is 32.3 Å². The van der Waals surface area contributed by atoms with E-state index in [1.807, 2.05) is 6.07 Å². The third kappa shape index (κ3) is 5.73. The molecule has 0 fully saturated rings.